The zero-order valence-electron chi connectivity index (χ0n) is 13.2. The fourth-order valence-corrected chi connectivity index (χ4v) is 2.29. The number of hydrogen-bond acceptors (Lipinski definition) is 4. The summed E-state index contributed by atoms with van der Waals surface area (Å²) < 4.78 is 5.25. The number of guanidine groups is 1. The highest BCUT2D eigenvalue weighted by Crippen LogP contribution is 2.09. The van der Waals surface area contributed by atoms with Gasteiger partial charge in [-0.1, -0.05) is 0 Å². The largest absolute Gasteiger partial charge is 0.382 e. The summed E-state index contributed by atoms with van der Waals surface area (Å²) in [6.07, 6.45) is 4.22. The Kier molecular flexibility index (Phi) is 8.77. The van der Waals surface area contributed by atoms with Crippen molar-refractivity contribution in [3.05, 3.63) is 0 Å². The monoisotopic (exact) mass is 299 g/mol. The van der Waals surface area contributed by atoms with E-state index >= 15 is 0 Å². The summed E-state index contributed by atoms with van der Waals surface area (Å²) in [5.41, 5.74) is 2.51. The lowest BCUT2D eigenvalue weighted by Crippen LogP contribution is -2.52. The van der Waals surface area contributed by atoms with Gasteiger partial charge in [-0.3, -0.25) is 15.2 Å². The summed E-state index contributed by atoms with van der Waals surface area (Å²) in [4.78, 5) is 18.5. The minimum Gasteiger partial charge on any atom is -0.382 e. The molecule has 7 heteroatoms. The predicted molar refractivity (Wildman–Crippen MR) is 83.8 cm³/mol. The molecule has 122 valence electrons. The van der Waals surface area contributed by atoms with Crippen LogP contribution in [0.2, 0.25) is 0 Å². The van der Waals surface area contributed by atoms with E-state index in [9.17, 15) is 4.79 Å². The third-order valence-electron chi connectivity index (χ3n) is 3.45. The van der Waals surface area contributed by atoms with E-state index in [-0.39, 0.29) is 11.9 Å². The predicted octanol–water partition coefficient (Wildman–Crippen LogP) is 0.223. The maximum atomic E-state index is 12.3. The van der Waals surface area contributed by atoms with Gasteiger partial charge in [0.05, 0.1) is 0 Å². The van der Waals surface area contributed by atoms with Crippen molar-refractivity contribution in [2.75, 3.05) is 32.8 Å². The number of carbonyl (C=O) groups is 1. The maximum absolute atomic E-state index is 12.3. The van der Waals surface area contributed by atoms with E-state index in [2.05, 4.69) is 15.7 Å². The second kappa shape index (κ2) is 10.4. The van der Waals surface area contributed by atoms with Crippen molar-refractivity contribution in [1.29, 1.82) is 0 Å². The van der Waals surface area contributed by atoms with Gasteiger partial charge in [0, 0.05) is 32.8 Å². The van der Waals surface area contributed by atoms with Gasteiger partial charge in [0.25, 0.3) is 0 Å². The van der Waals surface area contributed by atoms with Crippen molar-refractivity contribution >= 4 is 11.9 Å². The molecule has 0 saturated carbocycles. The Labute approximate surface area is 127 Å². The number of nitrogens with one attached hydrogen (secondary N) is 2. The van der Waals surface area contributed by atoms with Gasteiger partial charge in [0.1, 0.15) is 6.04 Å². The molecular formula is C14H29N5O2. The van der Waals surface area contributed by atoms with Gasteiger partial charge in [0.15, 0.2) is 0 Å². The van der Waals surface area contributed by atoms with E-state index in [1.54, 1.807) is 0 Å². The second-order valence-corrected chi connectivity index (χ2v) is 5.18. The number of carbonyl (C=O) groups excluding carboxylic acids is 1. The molecule has 1 aliphatic rings. The van der Waals surface area contributed by atoms with E-state index in [1.165, 1.54) is 6.42 Å². The molecule has 1 rings (SSSR count). The normalized spacial score (nSPS) is 17.5. The number of piperidine rings is 1. The van der Waals surface area contributed by atoms with Gasteiger partial charge in [-0.15, -0.1) is 0 Å². The van der Waals surface area contributed by atoms with Crippen molar-refractivity contribution in [2.45, 2.75) is 45.6 Å². The maximum Gasteiger partial charge on any atom is 0.244 e. The zero-order chi connectivity index (χ0) is 15.5. The fraction of sp³-hybridized carbons (Fsp3) is 0.857. The molecule has 0 aromatic carbocycles. The van der Waals surface area contributed by atoms with Crippen LogP contribution in [0, 0.1) is 0 Å². The number of nitrogens with two attached hydrogens (primary N) is 1. The second-order valence-electron chi connectivity index (χ2n) is 5.18. The molecule has 0 aliphatic carbocycles. The molecule has 1 amide bonds. The van der Waals surface area contributed by atoms with Crippen LogP contribution < -0.4 is 16.6 Å². The summed E-state index contributed by atoms with van der Waals surface area (Å²) >= 11 is 0. The molecule has 1 aliphatic heterocycles. The van der Waals surface area contributed by atoms with Crippen molar-refractivity contribution in [2.24, 2.45) is 10.8 Å². The third-order valence-corrected chi connectivity index (χ3v) is 3.45. The third kappa shape index (κ3) is 6.77. The van der Waals surface area contributed by atoms with Crippen LogP contribution in [0.1, 0.15) is 39.5 Å². The van der Waals surface area contributed by atoms with Crippen molar-refractivity contribution < 1.29 is 9.53 Å². The molecule has 7 nitrogen and oxygen atoms in total. The molecular weight excluding hydrogens is 270 g/mol. The molecule has 0 radical (unpaired) electrons. The molecule has 1 saturated heterocycles. The van der Waals surface area contributed by atoms with Gasteiger partial charge >= 0.3 is 0 Å². The van der Waals surface area contributed by atoms with Gasteiger partial charge in [-0.25, -0.2) is 5.84 Å². The summed E-state index contributed by atoms with van der Waals surface area (Å²) in [6.45, 7) is 7.50. The molecule has 4 N–H and O–H groups in total. The van der Waals surface area contributed by atoms with Crippen LogP contribution in [0.25, 0.3) is 0 Å². The van der Waals surface area contributed by atoms with Gasteiger partial charge < -0.3 is 15.0 Å². The molecule has 1 heterocycles. The highest BCUT2D eigenvalue weighted by atomic mass is 16.5. The van der Waals surface area contributed by atoms with Crippen LogP contribution in [0.5, 0.6) is 0 Å². The van der Waals surface area contributed by atoms with Crippen molar-refractivity contribution in [3.63, 3.8) is 0 Å². The van der Waals surface area contributed by atoms with E-state index in [0.29, 0.717) is 25.7 Å². The summed E-state index contributed by atoms with van der Waals surface area (Å²) in [5, 5.41) is 3.04. The van der Waals surface area contributed by atoms with E-state index in [1.807, 2.05) is 18.7 Å². The Balaban J connectivity index is 2.36. The molecule has 1 atom stereocenters. The highest BCUT2D eigenvalue weighted by Gasteiger charge is 2.22. The first-order valence-electron chi connectivity index (χ1n) is 7.83. The highest BCUT2D eigenvalue weighted by molar-refractivity contribution is 5.88. The van der Waals surface area contributed by atoms with Gasteiger partial charge in [0.2, 0.25) is 11.9 Å². The minimum absolute atomic E-state index is 0.104. The van der Waals surface area contributed by atoms with Crippen LogP contribution in [-0.4, -0.2) is 55.7 Å². The van der Waals surface area contributed by atoms with E-state index < -0.39 is 0 Å². The number of ether oxygens (including phenoxy) is 1. The Morgan fingerprint density at radius 3 is 2.71 bits per heavy atom. The van der Waals surface area contributed by atoms with Crippen LogP contribution in [0.3, 0.4) is 0 Å². The van der Waals surface area contributed by atoms with Crippen LogP contribution >= 0.6 is 0 Å². The molecule has 0 spiro atoms. The minimum atomic E-state index is -0.329. The molecule has 0 aromatic heterocycles. The first-order chi connectivity index (χ1) is 10.2. The average molecular weight is 299 g/mol. The average Bonchev–Trinajstić information content (AvgIpc) is 2.53. The molecule has 21 heavy (non-hydrogen) atoms. The lowest BCUT2D eigenvalue weighted by Gasteiger charge is -2.29. The Morgan fingerprint density at radius 2 is 2.10 bits per heavy atom. The Hall–Kier alpha value is -1.34. The van der Waals surface area contributed by atoms with Crippen LogP contribution in [0.15, 0.2) is 4.99 Å². The quantitative estimate of drug-likeness (QED) is 0.206. The Bertz CT molecular complexity index is 329. The first-order valence-corrected chi connectivity index (χ1v) is 7.83. The number of nitrogens with zero attached hydrogens (tertiary/aromatic N) is 2. The summed E-state index contributed by atoms with van der Waals surface area (Å²) in [7, 11) is 0. The smallest absolute Gasteiger partial charge is 0.244 e. The van der Waals surface area contributed by atoms with Gasteiger partial charge in [-0.2, -0.15) is 0 Å². The number of hydrazine groups is 1. The van der Waals surface area contributed by atoms with E-state index in [0.717, 1.165) is 32.4 Å². The van der Waals surface area contributed by atoms with Crippen molar-refractivity contribution in [1.82, 2.24) is 15.6 Å². The lowest BCUT2D eigenvalue weighted by molar-refractivity contribution is -0.133. The molecule has 1 unspecified atom stereocenters. The fourth-order valence-electron chi connectivity index (χ4n) is 2.29. The van der Waals surface area contributed by atoms with Crippen molar-refractivity contribution in [3.8, 4) is 0 Å². The summed E-state index contributed by atoms with van der Waals surface area (Å²) in [5.74, 6) is 5.99. The molecule has 0 aromatic rings. The van der Waals surface area contributed by atoms with E-state index in [4.69, 9.17) is 10.6 Å². The summed E-state index contributed by atoms with van der Waals surface area (Å²) in [6, 6.07) is -0.329. The number of rotatable bonds is 7. The Morgan fingerprint density at radius 1 is 1.38 bits per heavy atom. The number of hydrogen-bond donors (Lipinski definition) is 3. The molecule has 0 bridgehead atoms. The zero-order valence-corrected chi connectivity index (χ0v) is 13.2. The SMILES string of the molecule is CCOCCCN=C(NN)NC(C)C(=O)N1CCCCC1. The lowest BCUT2D eigenvalue weighted by atomic mass is 10.1. The topological polar surface area (TPSA) is 92.0 Å². The number of amides is 1. The van der Waals surface area contributed by atoms with Crippen LogP contribution in [0.4, 0.5) is 0 Å². The number of likely N-dealkylation sites (tertiary alicyclic amines) is 1. The van der Waals surface area contributed by atoms with Crippen LogP contribution in [-0.2, 0) is 9.53 Å². The first kappa shape index (κ1) is 17.7. The standard InChI is InChI=1S/C14H29N5O2/c1-3-21-11-7-8-16-14(18-15)17-12(2)13(20)19-9-5-4-6-10-19/h12H,3-11,15H2,1-2H3,(H2,16,17,18). The number of aliphatic imine (C=N–C) groups is 1. The van der Waals surface area contributed by atoms with Gasteiger partial charge in [-0.05, 0) is 39.5 Å². The molecule has 1 fully saturated rings.